The number of carbonyl (C=O) groups is 1. The van der Waals surface area contributed by atoms with Gasteiger partial charge in [-0.2, -0.15) is 0 Å². The van der Waals surface area contributed by atoms with Gasteiger partial charge < -0.3 is 9.84 Å². The topological polar surface area (TPSA) is 46.5 Å². The predicted octanol–water partition coefficient (Wildman–Crippen LogP) is 2.05. The molecule has 0 spiro atoms. The van der Waals surface area contributed by atoms with Crippen molar-refractivity contribution in [2.24, 2.45) is 0 Å². The summed E-state index contributed by atoms with van der Waals surface area (Å²) < 4.78 is 4.43. The number of aliphatic hydroxyl groups excluding tert-OH is 1. The zero-order chi connectivity index (χ0) is 11.0. The molecule has 1 N–H and O–H groups in total. The Bertz CT molecular complexity index is 197. The second-order valence-corrected chi connectivity index (χ2v) is 3.37. The van der Waals surface area contributed by atoms with Gasteiger partial charge in [0, 0.05) is 0 Å². The van der Waals surface area contributed by atoms with E-state index in [1.807, 2.05) is 6.08 Å². The summed E-state index contributed by atoms with van der Waals surface area (Å²) in [6, 6.07) is 0. The molecule has 0 aromatic carbocycles. The lowest BCUT2D eigenvalue weighted by Gasteiger charge is -2.08. The van der Waals surface area contributed by atoms with Crippen LogP contribution in [0.4, 0.5) is 0 Å². The minimum atomic E-state index is -1.10. The van der Waals surface area contributed by atoms with E-state index in [9.17, 15) is 9.90 Å². The van der Waals surface area contributed by atoms with Gasteiger partial charge in [-0.25, -0.2) is 4.79 Å². The molecular weight excluding hydrogens is 180 g/mol. The van der Waals surface area contributed by atoms with Crippen LogP contribution >= 0.6 is 0 Å². The van der Waals surface area contributed by atoms with E-state index in [1.165, 1.54) is 20.0 Å². The first kappa shape index (κ1) is 13.2. The van der Waals surface area contributed by atoms with Gasteiger partial charge in [-0.3, -0.25) is 0 Å². The fraction of sp³-hybridized carbons (Fsp3) is 0.727. The highest BCUT2D eigenvalue weighted by molar-refractivity contribution is 5.77. The molecule has 0 radical (unpaired) electrons. The van der Waals surface area contributed by atoms with Crippen molar-refractivity contribution in [2.75, 3.05) is 7.11 Å². The first-order chi connectivity index (χ1) is 6.63. The molecule has 1 unspecified atom stereocenters. The van der Waals surface area contributed by atoms with E-state index in [-0.39, 0.29) is 0 Å². The van der Waals surface area contributed by atoms with Gasteiger partial charge in [0.25, 0.3) is 0 Å². The molecule has 3 nitrogen and oxygen atoms in total. The van der Waals surface area contributed by atoms with E-state index in [4.69, 9.17) is 0 Å². The summed E-state index contributed by atoms with van der Waals surface area (Å²) in [5.41, 5.74) is 0.674. The van der Waals surface area contributed by atoms with Gasteiger partial charge in [-0.1, -0.05) is 25.8 Å². The molecule has 3 heteroatoms. The van der Waals surface area contributed by atoms with Crippen LogP contribution in [0.15, 0.2) is 11.6 Å². The van der Waals surface area contributed by atoms with E-state index in [0.717, 1.165) is 12.8 Å². The highest BCUT2D eigenvalue weighted by atomic mass is 16.5. The molecular formula is C11H20O3. The molecule has 0 aliphatic carbocycles. The molecule has 14 heavy (non-hydrogen) atoms. The van der Waals surface area contributed by atoms with Gasteiger partial charge in [0.05, 0.1) is 7.11 Å². The molecule has 0 saturated carbocycles. The number of ether oxygens (including phenoxy) is 1. The lowest BCUT2D eigenvalue weighted by atomic mass is 10.1. The molecule has 0 aliphatic rings. The summed E-state index contributed by atoms with van der Waals surface area (Å²) in [5, 5.41) is 9.40. The van der Waals surface area contributed by atoms with Crippen molar-refractivity contribution < 1.29 is 14.6 Å². The Morgan fingerprint density at radius 2 is 2.14 bits per heavy atom. The zero-order valence-electron chi connectivity index (χ0n) is 9.25. The van der Waals surface area contributed by atoms with E-state index < -0.39 is 12.1 Å². The van der Waals surface area contributed by atoms with Crippen LogP contribution in [-0.4, -0.2) is 24.3 Å². The molecule has 0 aromatic heterocycles. The summed E-state index contributed by atoms with van der Waals surface area (Å²) in [4.78, 5) is 10.9. The van der Waals surface area contributed by atoms with Crippen molar-refractivity contribution in [3.63, 3.8) is 0 Å². The Morgan fingerprint density at radius 3 is 2.64 bits per heavy atom. The molecule has 0 fully saturated rings. The number of carbonyl (C=O) groups excluding carboxylic acids is 1. The predicted molar refractivity (Wildman–Crippen MR) is 55.9 cm³/mol. The molecule has 0 saturated heterocycles. The Morgan fingerprint density at radius 1 is 1.50 bits per heavy atom. The fourth-order valence-corrected chi connectivity index (χ4v) is 1.13. The molecule has 0 bridgehead atoms. The van der Waals surface area contributed by atoms with E-state index in [2.05, 4.69) is 11.7 Å². The Balaban J connectivity index is 3.91. The lowest BCUT2D eigenvalue weighted by molar-refractivity contribution is -0.148. The lowest BCUT2D eigenvalue weighted by Crippen LogP contribution is -2.22. The van der Waals surface area contributed by atoms with Crippen LogP contribution in [-0.2, 0) is 9.53 Å². The molecule has 0 aliphatic heterocycles. The number of allylic oxidation sites excluding steroid dienone is 1. The van der Waals surface area contributed by atoms with Gasteiger partial charge in [0.1, 0.15) is 0 Å². The van der Waals surface area contributed by atoms with Crippen molar-refractivity contribution >= 4 is 5.97 Å². The van der Waals surface area contributed by atoms with Gasteiger partial charge in [-0.15, -0.1) is 0 Å². The van der Waals surface area contributed by atoms with E-state index >= 15 is 0 Å². The first-order valence-electron chi connectivity index (χ1n) is 5.06. The van der Waals surface area contributed by atoms with Crippen LogP contribution in [0.5, 0.6) is 0 Å². The fourth-order valence-electron chi connectivity index (χ4n) is 1.13. The van der Waals surface area contributed by atoms with Crippen molar-refractivity contribution in [2.45, 2.75) is 45.6 Å². The van der Waals surface area contributed by atoms with Crippen molar-refractivity contribution in [3.05, 3.63) is 11.6 Å². The molecule has 0 rings (SSSR count). The third kappa shape index (κ3) is 5.02. The van der Waals surface area contributed by atoms with Crippen molar-refractivity contribution in [3.8, 4) is 0 Å². The summed E-state index contributed by atoms with van der Waals surface area (Å²) in [6.07, 6.45) is 5.17. The Labute approximate surface area is 85.8 Å². The maximum atomic E-state index is 10.9. The maximum absolute atomic E-state index is 10.9. The maximum Gasteiger partial charge on any atom is 0.339 e. The molecule has 1 atom stereocenters. The SMILES string of the molecule is CCCCCC=C(C)C(O)C(=O)OC. The first-order valence-corrected chi connectivity index (χ1v) is 5.06. The minimum absolute atomic E-state index is 0.589. The Kier molecular flexibility index (Phi) is 7.11. The molecule has 0 amide bonds. The minimum Gasteiger partial charge on any atom is -0.467 e. The van der Waals surface area contributed by atoms with Crippen LogP contribution in [0.2, 0.25) is 0 Å². The zero-order valence-corrected chi connectivity index (χ0v) is 9.25. The standard InChI is InChI=1S/C11H20O3/c1-4-5-6-7-8-9(2)10(12)11(13)14-3/h8,10,12H,4-7H2,1-3H3. The van der Waals surface area contributed by atoms with Gasteiger partial charge in [0.15, 0.2) is 6.10 Å². The second kappa shape index (κ2) is 7.56. The quantitative estimate of drug-likeness (QED) is 0.405. The second-order valence-electron chi connectivity index (χ2n) is 3.37. The molecule has 0 heterocycles. The number of unbranched alkanes of at least 4 members (excludes halogenated alkanes) is 3. The average Bonchev–Trinajstić information content (AvgIpc) is 2.21. The van der Waals surface area contributed by atoms with Crippen molar-refractivity contribution in [1.29, 1.82) is 0 Å². The van der Waals surface area contributed by atoms with Gasteiger partial charge in [-0.05, 0) is 25.3 Å². The number of esters is 1. The normalized spacial score (nSPS) is 13.9. The number of hydrogen-bond acceptors (Lipinski definition) is 3. The smallest absolute Gasteiger partial charge is 0.339 e. The van der Waals surface area contributed by atoms with Gasteiger partial charge >= 0.3 is 5.97 Å². The van der Waals surface area contributed by atoms with Gasteiger partial charge in [0.2, 0.25) is 0 Å². The number of aliphatic hydroxyl groups is 1. The van der Waals surface area contributed by atoms with Crippen LogP contribution in [0.1, 0.15) is 39.5 Å². The van der Waals surface area contributed by atoms with E-state index in [1.54, 1.807) is 6.92 Å². The average molecular weight is 200 g/mol. The Hall–Kier alpha value is -0.830. The largest absolute Gasteiger partial charge is 0.467 e. The highest BCUT2D eigenvalue weighted by Gasteiger charge is 2.16. The van der Waals surface area contributed by atoms with Crippen molar-refractivity contribution in [1.82, 2.24) is 0 Å². The summed E-state index contributed by atoms with van der Waals surface area (Å²) in [5.74, 6) is -0.589. The summed E-state index contributed by atoms with van der Waals surface area (Å²) in [7, 11) is 1.27. The van der Waals surface area contributed by atoms with Crippen LogP contribution < -0.4 is 0 Å². The summed E-state index contributed by atoms with van der Waals surface area (Å²) >= 11 is 0. The van der Waals surface area contributed by atoms with E-state index in [0.29, 0.717) is 5.57 Å². The van der Waals surface area contributed by atoms with Crippen LogP contribution in [0.3, 0.4) is 0 Å². The number of rotatable bonds is 6. The third-order valence-corrected chi connectivity index (χ3v) is 2.13. The number of methoxy groups -OCH3 is 1. The monoisotopic (exact) mass is 200 g/mol. The third-order valence-electron chi connectivity index (χ3n) is 2.13. The molecule has 0 aromatic rings. The highest BCUT2D eigenvalue weighted by Crippen LogP contribution is 2.07. The molecule has 82 valence electrons. The van der Waals surface area contributed by atoms with Crippen LogP contribution in [0, 0.1) is 0 Å². The number of hydrogen-bond donors (Lipinski definition) is 1. The summed E-state index contributed by atoms with van der Waals surface area (Å²) in [6.45, 7) is 3.88. The van der Waals surface area contributed by atoms with Crippen LogP contribution in [0.25, 0.3) is 0 Å².